The summed E-state index contributed by atoms with van der Waals surface area (Å²) in [5.41, 5.74) is 1.25. The van der Waals surface area contributed by atoms with E-state index < -0.39 is 0 Å². The monoisotopic (exact) mass is 381 g/mol. The number of carbonyl (C=O) groups is 2. The van der Waals surface area contributed by atoms with Crippen LogP contribution in [-0.4, -0.2) is 44.5 Å². The Morgan fingerprint density at radius 3 is 2.29 bits per heavy atom. The second-order valence-corrected chi connectivity index (χ2v) is 7.27. The third-order valence-corrected chi connectivity index (χ3v) is 5.11. The first-order valence-electron chi connectivity index (χ1n) is 10.2. The summed E-state index contributed by atoms with van der Waals surface area (Å²) >= 11 is 0. The standard InChI is InChI=1S/C23H28N2O3/c26-22(24-14-7-17-25-15-5-2-6-16-25)18-28-21-12-10-20(11-13-21)23(27)19-8-3-1-4-9-19/h1,3-4,8-13H,2,5-7,14-18H2,(H,24,26)/p+1. The summed E-state index contributed by atoms with van der Waals surface area (Å²) in [4.78, 5) is 26.0. The van der Waals surface area contributed by atoms with Gasteiger partial charge in [-0.05, 0) is 43.5 Å². The van der Waals surface area contributed by atoms with Crippen LogP contribution in [0.5, 0.6) is 5.75 Å². The first-order valence-corrected chi connectivity index (χ1v) is 10.2. The molecule has 1 heterocycles. The van der Waals surface area contributed by atoms with Crippen molar-refractivity contribution in [1.82, 2.24) is 5.32 Å². The normalized spacial score (nSPS) is 14.4. The Hall–Kier alpha value is -2.66. The van der Waals surface area contributed by atoms with Gasteiger partial charge in [0.25, 0.3) is 5.91 Å². The Kier molecular flexibility index (Phi) is 7.62. The number of piperidine rings is 1. The molecule has 0 aromatic heterocycles. The zero-order chi connectivity index (χ0) is 19.6. The fraction of sp³-hybridized carbons (Fsp3) is 0.391. The lowest BCUT2D eigenvalue weighted by atomic mass is 10.0. The minimum Gasteiger partial charge on any atom is -0.484 e. The predicted molar refractivity (Wildman–Crippen MR) is 109 cm³/mol. The maximum absolute atomic E-state index is 12.4. The summed E-state index contributed by atoms with van der Waals surface area (Å²) in [6.45, 7) is 4.33. The third-order valence-electron chi connectivity index (χ3n) is 5.11. The Bertz CT molecular complexity index is 753. The molecular weight excluding hydrogens is 352 g/mol. The molecule has 1 saturated heterocycles. The maximum atomic E-state index is 12.4. The molecule has 2 aromatic rings. The van der Waals surface area contributed by atoms with Crippen molar-refractivity contribution in [3.63, 3.8) is 0 Å². The molecule has 1 amide bonds. The van der Waals surface area contributed by atoms with Gasteiger partial charge < -0.3 is 15.0 Å². The van der Waals surface area contributed by atoms with Crippen LogP contribution in [0.3, 0.4) is 0 Å². The number of amides is 1. The van der Waals surface area contributed by atoms with E-state index in [2.05, 4.69) is 5.32 Å². The van der Waals surface area contributed by atoms with E-state index in [1.807, 2.05) is 18.2 Å². The molecule has 0 atom stereocenters. The molecule has 2 N–H and O–H groups in total. The quantitative estimate of drug-likeness (QED) is 0.515. The third kappa shape index (κ3) is 6.20. The molecule has 1 aliphatic rings. The van der Waals surface area contributed by atoms with Gasteiger partial charge in [-0.15, -0.1) is 0 Å². The van der Waals surface area contributed by atoms with Crippen LogP contribution in [0.1, 0.15) is 41.6 Å². The second-order valence-electron chi connectivity index (χ2n) is 7.27. The van der Waals surface area contributed by atoms with E-state index in [1.54, 1.807) is 41.3 Å². The number of nitrogens with one attached hydrogen (secondary N) is 2. The number of quaternary nitrogens is 1. The molecular formula is C23H29N2O3+. The van der Waals surface area contributed by atoms with Gasteiger partial charge in [-0.25, -0.2) is 0 Å². The molecule has 1 fully saturated rings. The molecule has 0 saturated carbocycles. The molecule has 0 bridgehead atoms. The van der Waals surface area contributed by atoms with Crippen molar-refractivity contribution in [3.8, 4) is 5.75 Å². The molecule has 5 heteroatoms. The molecule has 0 spiro atoms. The Labute approximate surface area is 166 Å². The van der Waals surface area contributed by atoms with E-state index in [4.69, 9.17) is 4.74 Å². The van der Waals surface area contributed by atoms with Crippen molar-refractivity contribution in [2.24, 2.45) is 0 Å². The largest absolute Gasteiger partial charge is 0.484 e. The first-order chi connectivity index (χ1) is 13.7. The van der Waals surface area contributed by atoms with Crippen LogP contribution in [-0.2, 0) is 4.79 Å². The number of benzene rings is 2. The number of likely N-dealkylation sites (tertiary alicyclic amines) is 1. The minimum absolute atomic E-state index is 0.0114. The van der Waals surface area contributed by atoms with Gasteiger partial charge >= 0.3 is 0 Å². The fourth-order valence-corrected chi connectivity index (χ4v) is 3.53. The number of hydrogen-bond donors (Lipinski definition) is 2. The van der Waals surface area contributed by atoms with Crippen molar-refractivity contribution < 1.29 is 19.2 Å². The lowest BCUT2D eigenvalue weighted by molar-refractivity contribution is -0.904. The number of ketones is 1. The van der Waals surface area contributed by atoms with E-state index in [-0.39, 0.29) is 18.3 Å². The Morgan fingerprint density at radius 1 is 0.893 bits per heavy atom. The van der Waals surface area contributed by atoms with E-state index in [0.29, 0.717) is 23.4 Å². The smallest absolute Gasteiger partial charge is 0.257 e. The number of rotatable bonds is 9. The van der Waals surface area contributed by atoms with Crippen LogP contribution in [0.25, 0.3) is 0 Å². The van der Waals surface area contributed by atoms with Crippen molar-refractivity contribution in [2.75, 3.05) is 32.8 Å². The van der Waals surface area contributed by atoms with Crippen molar-refractivity contribution in [2.45, 2.75) is 25.7 Å². The molecule has 3 rings (SSSR count). The van der Waals surface area contributed by atoms with E-state index in [1.165, 1.54) is 32.4 Å². The van der Waals surface area contributed by atoms with E-state index in [0.717, 1.165) is 13.0 Å². The summed E-state index contributed by atoms with van der Waals surface area (Å²) in [6, 6.07) is 16.1. The highest BCUT2D eigenvalue weighted by Gasteiger charge is 2.13. The molecule has 0 unspecified atom stereocenters. The molecule has 148 valence electrons. The summed E-state index contributed by atoms with van der Waals surface area (Å²) in [5.74, 6) is 0.441. The maximum Gasteiger partial charge on any atom is 0.257 e. The van der Waals surface area contributed by atoms with E-state index >= 15 is 0 Å². The lowest BCUT2D eigenvalue weighted by Crippen LogP contribution is -3.12. The van der Waals surface area contributed by atoms with Crippen molar-refractivity contribution in [1.29, 1.82) is 0 Å². The number of ether oxygens (including phenoxy) is 1. The first kappa shape index (κ1) is 20.1. The molecule has 0 radical (unpaired) electrons. The van der Waals surface area contributed by atoms with Crippen LogP contribution in [0.2, 0.25) is 0 Å². The molecule has 1 aliphatic heterocycles. The molecule has 5 nitrogen and oxygen atoms in total. The highest BCUT2D eigenvalue weighted by Crippen LogP contribution is 2.15. The number of hydrogen-bond acceptors (Lipinski definition) is 3. The average molecular weight is 381 g/mol. The highest BCUT2D eigenvalue weighted by atomic mass is 16.5. The van der Waals surface area contributed by atoms with Crippen LogP contribution in [0, 0.1) is 0 Å². The lowest BCUT2D eigenvalue weighted by Gasteiger charge is -2.23. The summed E-state index contributed by atoms with van der Waals surface area (Å²) < 4.78 is 5.53. The van der Waals surface area contributed by atoms with Crippen molar-refractivity contribution >= 4 is 11.7 Å². The van der Waals surface area contributed by atoms with Gasteiger partial charge in [-0.2, -0.15) is 0 Å². The Balaban J connectivity index is 1.36. The zero-order valence-electron chi connectivity index (χ0n) is 16.3. The SMILES string of the molecule is O=C(COc1ccc(C(=O)c2ccccc2)cc1)NCCC[NH+]1CCCCC1. The van der Waals surface area contributed by atoms with Gasteiger partial charge in [0.05, 0.1) is 19.6 Å². The predicted octanol–water partition coefficient (Wildman–Crippen LogP) is 1.87. The minimum atomic E-state index is -0.113. The van der Waals surface area contributed by atoms with E-state index in [9.17, 15) is 9.59 Å². The van der Waals surface area contributed by atoms with Gasteiger partial charge in [0.2, 0.25) is 0 Å². The number of carbonyl (C=O) groups excluding carboxylic acids is 2. The molecule has 2 aromatic carbocycles. The summed E-state index contributed by atoms with van der Waals surface area (Å²) in [6.07, 6.45) is 5.01. The van der Waals surface area contributed by atoms with Crippen LogP contribution in [0.4, 0.5) is 0 Å². The fourth-order valence-electron chi connectivity index (χ4n) is 3.53. The highest BCUT2D eigenvalue weighted by molar-refractivity contribution is 6.08. The van der Waals surface area contributed by atoms with Gasteiger partial charge in [0.15, 0.2) is 12.4 Å². The molecule has 0 aliphatic carbocycles. The second kappa shape index (κ2) is 10.6. The van der Waals surface area contributed by atoms with Crippen molar-refractivity contribution in [3.05, 3.63) is 65.7 Å². The van der Waals surface area contributed by atoms with Crippen LogP contribution < -0.4 is 15.0 Å². The van der Waals surface area contributed by atoms with Crippen LogP contribution >= 0.6 is 0 Å². The van der Waals surface area contributed by atoms with Gasteiger partial charge in [0, 0.05) is 24.1 Å². The van der Waals surface area contributed by atoms with Gasteiger partial charge in [-0.3, -0.25) is 9.59 Å². The average Bonchev–Trinajstić information content (AvgIpc) is 2.76. The summed E-state index contributed by atoms with van der Waals surface area (Å²) in [5, 5.41) is 2.91. The van der Waals surface area contributed by atoms with Gasteiger partial charge in [-0.1, -0.05) is 30.3 Å². The van der Waals surface area contributed by atoms with Gasteiger partial charge in [0.1, 0.15) is 5.75 Å². The zero-order valence-corrected chi connectivity index (χ0v) is 16.3. The van der Waals surface area contributed by atoms with Crippen LogP contribution in [0.15, 0.2) is 54.6 Å². The Morgan fingerprint density at radius 2 is 1.57 bits per heavy atom. The topological polar surface area (TPSA) is 59.8 Å². The summed E-state index contributed by atoms with van der Waals surface area (Å²) in [7, 11) is 0. The molecule has 28 heavy (non-hydrogen) atoms.